The van der Waals surface area contributed by atoms with Crippen LogP contribution >= 0.6 is 0 Å². The highest BCUT2D eigenvalue weighted by Gasteiger charge is 2.35. The van der Waals surface area contributed by atoms with Crippen LogP contribution in [0.2, 0.25) is 0 Å². The first kappa shape index (κ1) is 38.2. The molecule has 0 N–H and O–H groups in total. The van der Waals surface area contributed by atoms with E-state index in [1.54, 1.807) is 0 Å². The molecule has 0 saturated heterocycles. The van der Waals surface area contributed by atoms with Gasteiger partial charge in [0.15, 0.2) is 0 Å². The number of hydrogen-bond donors (Lipinski definition) is 0. The Bertz CT molecular complexity index is 3220. The lowest BCUT2D eigenvalue weighted by Crippen LogP contribution is -2.05. The van der Waals surface area contributed by atoms with Gasteiger partial charge in [-0.3, -0.25) is 0 Å². The molecule has 0 bridgehead atoms. The maximum absolute atomic E-state index is 13.2. The van der Waals surface area contributed by atoms with Crippen molar-refractivity contribution in [3.8, 4) is 34.1 Å². The van der Waals surface area contributed by atoms with Gasteiger partial charge in [0, 0.05) is 55.3 Å². The Balaban J connectivity index is 0.000000143. The summed E-state index contributed by atoms with van der Waals surface area (Å²) in [5.74, 6) is 1.92. The van der Waals surface area contributed by atoms with Crippen LogP contribution in [0.4, 0.5) is 0 Å². The number of esters is 2. The van der Waals surface area contributed by atoms with Crippen molar-refractivity contribution in [2.24, 2.45) is 0 Å². The molecule has 0 unspecified atom stereocenters. The van der Waals surface area contributed by atoms with Gasteiger partial charge in [0.25, 0.3) is 0 Å². The van der Waals surface area contributed by atoms with E-state index in [0.717, 1.165) is 89.1 Å². The van der Waals surface area contributed by atoms with E-state index in [2.05, 4.69) is 0 Å². The molecule has 0 fully saturated rings. The molecule has 6 heteroatoms. The molecule has 2 aromatic heterocycles. The first-order chi connectivity index (χ1) is 31.6. The van der Waals surface area contributed by atoms with Gasteiger partial charge in [-0.25, -0.2) is 9.59 Å². The van der Waals surface area contributed by atoms with Crippen molar-refractivity contribution in [2.75, 3.05) is 0 Å². The van der Waals surface area contributed by atoms with Crippen molar-refractivity contribution in [2.45, 2.75) is 0 Å². The van der Waals surface area contributed by atoms with Gasteiger partial charge < -0.3 is 18.3 Å². The van der Waals surface area contributed by atoms with Crippen LogP contribution in [0.5, 0.6) is 11.5 Å². The summed E-state index contributed by atoms with van der Waals surface area (Å²) in [6, 6.07) is 70.9. The fraction of sp³-hybridized carbons (Fsp3) is 0. The smallest absolute Gasteiger partial charge is 0.344 e. The van der Waals surface area contributed by atoms with Gasteiger partial charge in [-0.15, -0.1) is 0 Å². The number of carbonyl (C=O) groups excluding carboxylic acids is 2. The SMILES string of the molecule is O=C1Oc2ccccc2/C1=C(\c1ccccc1)c1c(-c2ccccc2)oc2ccccc12.O=C1Oc2ccccc2/C1=C(\c1ccccc1)c1c(-c2ccccc2)oc2ccccc12. The highest BCUT2D eigenvalue weighted by atomic mass is 16.5. The van der Waals surface area contributed by atoms with Gasteiger partial charge in [-0.1, -0.05) is 194 Å². The van der Waals surface area contributed by atoms with Crippen LogP contribution in [0.25, 0.3) is 66.9 Å². The number of ether oxygens (including phenoxy) is 2. The maximum atomic E-state index is 13.2. The lowest BCUT2D eigenvalue weighted by Gasteiger charge is -2.13. The molecule has 2 aliphatic heterocycles. The van der Waals surface area contributed by atoms with E-state index in [1.807, 2.05) is 218 Å². The summed E-state index contributed by atoms with van der Waals surface area (Å²) in [5.41, 5.74) is 11.4. The van der Waals surface area contributed by atoms with Crippen molar-refractivity contribution < 1.29 is 27.9 Å². The van der Waals surface area contributed by atoms with Gasteiger partial charge in [0.2, 0.25) is 0 Å². The zero-order valence-electron chi connectivity index (χ0n) is 34.2. The Labute approximate surface area is 368 Å². The molecule has 0 radical (unpaired) electrons. The molecule has 0 spiro atoms. The number of benzene rings is 8. The zero-order chi connectivity index (χ0) is 43.0. The van der Waals surface area contributed by atoms with Gasteiger partial charge in [0.05, 0.1) is 11.1 Å². The molecule has 10 aromatic rings. The van der Waals surface area contributed by atoms with Gasteiger partial charge in [-0.05, 0) is 35.4 Å². The van der Waals surface area contributed by atoms with Crippen LogP contribution in [0, 0.1) is 0 Å². The van der Waals surface area contributed by atoms with E-state index in [1.165, 1.54) is 0 Å². The molecule has 12 rings (SSSR count). The van der Waals surface area contributed by atoms with Crippen LogP contribution < -0.4 is 9.47 Å². The predicted octanol–water partition coefficient (Wildman–Crippen LogP) is 14.0. The van der Waals surface area contributed by atoms with Crippen LogP contribution in [-0.2, 0) is 9.59 Å². The van der Waals surface area contributed by atoms with E-state index in [9.17, 15) is 9.59 Å². The Morgan fingerprint density at radius 2 is 0.656 bits per heavy atom. The van der Waals surface area contributed by atoms with Crippen LogP contribution in [0.1, 0.15) is 33.4 Å². The summed E-state index contributed by atoms with van der Waals surface area (Å²) >= 11 is 0. The van der Waals surface area contributed by atoms with E-state index < -0.39 is 0 Å². The Morgan fingerprint density at radius 3 is 1.06 bits per heavy atom. The lowest BCUT2D eigenvalue weighted by molar-refractivity contribution is -0.127. The third-order valence-corrected chi connectivity index (χ3v) is 11.5. The number of fused-ring (bicyclic) bond motifs is 4. The number of carbonyl (C=O) groups is 2. The molecule has 304 valence electrons. The molecular formula is C58H36O6. The van der Waals surface area contributed by atoms with E-state index in [4.69, 9.17) is 18.3 Å². The quantitative estimate of drug-likeness (QED) is 0.0943. The molecule has 6 nitrogen and oxygen atoms in total. The van der Waals surface area contributed by atoms with Crippen LogP contribution in [0.3, 0.4) is 0 Å². The predicted molar refractivity (Wildman–Crippen MR) is 252 cm³/mol. The largest absolute Gasteiger partial charge is 0.455 e. The topological polar surface area (TPSA) is 78.9 Å². The molecule has 0 aliphatic carbocycles. The van der Waals surface area contributed by atoms with Crippen LogP contribution in [0.15, 0.2) is 227 Å². The van der Waals surface area contributed by atoms with Crippen LogP contribution in [-0.4, -0.2) is 11.9 Å². The van der Waals surface area contributed by atoms with Gasteiger partial charge in [-0.2, -0.15) is 0 Å². The molecular weight excluding hydrogens is 793 g/mol. The fourth-order valence-corrected chi connectivity index (χ4v) is 8.73. The minimum atomic E-state index is -0.352. The van der Waals surface area contributed by atoms with Crippen molar-refractivity contribution in [1.29, 1.82) is 0 Å². The molecule has 8 aromatic carbocycles. The number of hydrogen-bond acceptors (Lipinski definition) is 6. The summed E-state index contributed by atoms with van der Waals surface area (Å²) in [7, 11) is 0. The highest BCUT2D eigenvalue weighted by Crippen LogP contribution is 2.49. The molecule has 0 saturated carbocycles. The summed E-state index contributed by atoms with van der Waals surface area (Å²) in [5, 5.41) is 1.91. The van der Waals surface area contributed by atoms with Crippen molar-refractivity contribution in [3.63, 3.8) is 0 Å². The monoisotopic (exact) mass is 828 g/mol. The van der Waals surface area contributed by atoms with E-state index in [-0.39, 0.29) is 11.9 Å². The second-order valence-corrected chi connectivity index (χ2v) is 15.3. The second kappa shape index (κ2) is 16.3. The summed E-state index contributed by atoms with van der Waals surface area (Å²) in [6.07, 6.45) is 0. The standard InChI is InChI=1S/2C29H18O3/c2*30-29-27(22-16-8-10-18-24(22)32-29)25(19-11-3-1-4-12-19)26-21-15-7-9-17-23(21)31-28(26)20-13-5-2-6-14-20/h2*1-18H/b2*27-25-. The maximum Gasteiger partial charge on any atom is 0.344 e. The first-order valence-corrected chi connectivity index (χ1v) is 21.0. The number of furan rings is 2. The number of para-hydroxylation sites is 4. The van der Waals surface area contributed by atoms with Crippen molar-refractivity contribution in [3.05, 3.63) is 252 Å². The van der Waals surface area contributed by atoms with Gasteiger partial charge in [0.1, 0.15) is 34.2 Å². The molecule has 0 amide bonds. The third kappa shape index (κ3) is 6.71. The summed E-state index contributed by atoms with van der Waals surface area (Å²) in [4.78, 5) is 26.4. The second-order valence-electron chi connectivity index (χ2n) is 15.3. The first-order valence-electron chi connectivity index (χ1n) is 21.0. The normalized spacial score (nSPS) is 14.3. The third-order valence-electron chi connectivity index (χ3n) is 11.5. The van der Waals surface area contributed by atoms with Crippen molar-refractivity contribution in [1.82, 2.24) is 0 Å². The summed E-state index contributed by atoms with van der Waals surface area (Å²) in [6.45, 7) is 0. The molecule has 64 heavy (non-hydrogen) atoms. The Morgan fingerprint density at radius 1 is 0.328 bits per heavy atom. The van der Waals surface area contributed by atoms with E-state index >= 15 is 0 Å². The highest BCUT2D eigenvalue weighted by molar-refractivity contribution is 6.33. The number of rotatable bonds is 6. The summed E-state index contributed by atoms with van der Waals surface area (Å²) < 4.78 is 24.1. The fourth-order valence-electron chi connectivity index (χ4n) is 8.73. The average Bonchev–Trinajstić information content (AvgIpc) is 4.11. The van der Waals surface area contributed by atoms with Gasteiger partial charge >= 0.3 is 11.9 Å². The lowest BCUT2D eigenvalue weighted by atomic mass is 9.87. The Kier molecular flexibility index (Phi) is 9.71. The average molecular weight is 829 g/mol. The minimum absolute atomic E-state index is 0.352. The van der Waals surface area contributed by atoms with Crippen molar-refractivity contribution >= 4 is 56.2 Å². The van der Waals surface area contributed by atoms with E-state index in [0.29, 0.717) is 22.6 Å². The zero-order valence-corrected chi connectivity index (χ0v) is 34.2. The molecule has 4 heterocycles. The Hall–Kier alpha value is -8.74. The molecule has 0 atom stereocenters. The minimum Gasteiger partial charge on any atom is -0.455 e. The molecule has 2 aliphatic rings.